The molecule has 0 saturated heterocycles. The van der Waals surface area contributed by atoms with E-state index in [0.717, 1.165) is 12.8 Å². The lowest BCUT2D eigenvalue weighted by molar-refractivity contribution is -0.135. The third kappa shape index (κ3) is 4.75. The first kappa shape index (κ1) is 20.0. The molecule has 0 bridgehead atoms. The molecule has 0 rings (SSSR count). The first-order chi connectivity index (χ1) is 9.48. The number of nitrogens with two attached hydrogens (primary N) is 1. The summed E-state index contributed by atoms with van der Waals surface area (Å²) in [4.78, 5) is 25.6. The Hall–Kier alpha value is -0.995. The van der Waals surface area contributed by atoms with Crippen LogP contribution in [0.4, 0.5) is 0 Å². The Balaban J connectivity index is 5.23. The normalized spacial score (nSPS) is 18.7. The minimum Gasteiger partial charge on any atom is -0.396 e. The van der Waals surface area contributed by atoms with Gasteiger partial charge in [0.25, 0.3) is 0 Å². The second kappa shape index (κ2) is 7.86. The van der Waals surface area contributed by atoms with Gasteiger partial charge in [0, 0.05) is 11.8 Å². The van der Waals surface area contributed by atoms with Gasteiger partial charge in [0.2, 0.25) is 19.8 Å². The van der Waals surface area contributed by atoms with Gasteiger partial charge in [-0.1, -0.05) is 41.5 Å². The number of amides is 2. The van der Waals surface area contributed by atoms with E-state index in [0.29, 0.717) is 0 Å². The summed E-state index contributed by atoms with van der Waals surface area (Å²) in [5.41, 5.74) is 5.41. The topological polar surface area (TPSA) is 63.4 Å². The average Bonchev–Trinajstić information content (AvgIpc) is 2.40. The molecular formula is C16H33BN2O2. The Morgan fingerprint density at radius 2 is 1.71 bits per heavy atom. The maximum atomic E-state index is 12.3. The molecule has 21 heavy (non-hydrogen) atoms. The van der Waals surface area contributed by atoms with Crippen molar-refractivity contribution in [1.29, 1.82) is 0 Å². The summed E-state index contributed by atoms with van der Waals surface area (Å²) in [5, 5.41) is 0. The number of rotatable bonds is 8. The van der Waals surface area contributed by atoms with Gasteiger partial charge in [-0.15, -0.1) is 0 Å². The van der Waals surface area contributed by atoms with Gasteiger partial charge in [-0.25, -0.2) is 0 Å². The lowest BCUT2D eigenvalue weighted by Crippen LogP contribution is -2.43. The van der Waals surface area contributed by atoms with E-state index in [1.807, 2.05) is 20.8 Å². The van der Waals surface area contributed by atoms with Crippen LogP contribution >= 0.6 is 0 Å². The van der Waals surface area contributed by atoms with Crippen LogP contribution in [-0.2, 0) is 9.59 Å². The first-order valence-electron chi connectivity index (χ1n) is 7.99. The fraction of sp³-hybridized carbons (Fsp3) is 0.875. The van der Waals surface area contributed by atoms with Crippen LogP contribution in [0.25, 0.3) is 0 Å². The van der Waals surface area contributed by atoms with E-state index in [9.17, 15) is 9.59 Å². The Labute approximate surface area is 131 Å². The average molecular weight is 296 g/mol. The van der Waals surface area contributed by atoms with E-state index in [1.54, 1.807) is 19.8 Å². The molecular weight excluding hydrogens is 263 g/mol. The molecule has 0 saturated carbocycles. The second-order valence-corrected chi connectivity index (χ2v) is 7.20. The first-order valence-corrected chi connectivity index (χ1v) is 7.99. The van der Waals surface area contributed by atoms with E-state index < -0.39 is 0 Å². The summed E-state index contributed by atoms with van der Waals surface area (Å²) >= 11 is 0. The Bertz CT molecular complexity index is 371. The van der Waals surface area contributed by atoms with Gasteiger partial charge in [0.05, 0.1) is 0 Å². The zero-order chi connectivity index (χ0) is 17.0. The van der Waals surface area contributed by atoms with Gasteiger partial charge in [-0.3, -0.25) is 9.59 Å². The molecule has 0 radical (unpaired) electrons. The van der Waals surface area contributed by atoms with Crippen molar-refractivity contribution in [2.75, 3.05) is 7.05 Å². The molecule has 5 heteroatoms. The lowest BCUT2D eigenvalue weighted by Gasteiger charge is -2.42. The van der Waals surface area contributed by atoms with Crippen LogP contribution in [0.3, 0.4) is 0 Å². The fourth-order valence-electron chi connectivity index (χ4n) is 3.12. The zero-order valence-corrected chi connectivity index (χ0v) is 15.1. The van der Waals surface area contributed by atoms with Gasteiger partial charge >= 0.3 is 0 Å². The summed E-state index contributed by atoms with van der Waals surface area (Å²) in [5.74, 6) is 0.182. The highest BCUT2D eigenvalue weighted by Crippen LogP contribution is 2.43. The molecule has 4 unspecified atom stereocenters. The quantitative estimate of drug-likeness (QED) is 0.695. The van der Waals surface area contributed by atoms with Crippen molar-refractivity contribution in [3.05, 3.63) is 0 Å². The van der Waals surface area contributed by atoms with Gasteiger partial charge in [-0.2, -0.15) is 0 Å². The molecule has 0 aromatic rings. The Morgan fingerprint density at radius 1 is 1.24 bits per heavy atom. The van der Waals surface area contributed by atoms with Gasteiger partial charge in [0.1, 0.15) is 0 Å². The summed E-state index contributed by atoms with van der Waals surface area (Å²) < 4.78 is 0. The molecule has 0 aliphatic carbocycles. The summed E-state index contributed by atoms with van der Waals surface area (Å²) in [6.45, 7) is 12.5. The van der Waals surface area contributed by atoms with Crippen molar-refractivity contribution in [1.82, 2.24) is 4.81 Å². The highest BCUT2D eigenvalue weighted by Gasteiger charge is 2.41. The molecule has 0 aromatic heterocycles. The fourth-order valence-corrected chi connectivity index (χ4v) is 3.12. The van der Waals surface area contributed by atoms with Gasteiger partial charge in [0.15, 0.2) is 0 Å². The predicted molar refractivity (Wildman–Crippen MR) is 90.2 cm³/mol. The number of hydrogen-bond acceptors (Lipinski definition) is 2. The highest BCUT2D eigenvalue weighted by molar-refractivity contribution is 6.14. The van der Waals surface area contributed by atoms with Crippen LogP contribution in [0.15, 0.2) is 0 Å². The SMILES string of the molecule is BN(C)C(=O)C(C)C(C)(CC)C(C)CC(C(N)=O)C(C)C. The maximum Gasteiger partial charge on any atom is 0.220 e. The van der Waals surface area contributed by atoms with Crippen molar-refractivity contribution in [3.8, 4) is 0 Å². The van der Waals surface area contributed by atoms with E-state index in [1.165, 1.54) is 0 Å². The van der Waals surface area contributed by atoms with E-state index in [-0.39, 0.29) is 40.9 Å². The van der Waals surface area contributed by atoms with Gasteiger partial charge < -0.3 is 10.5 Å². The molecule has 2 amide bonds. The number of nitrogens with zero attached hydrogens (tertiary/aromatic N) is 1. The van der Waals surface area contributed by atoms with Crippen LogP contribution in [0.5, 0.6) is 0 Å². The lowest BCUT2D eigenvalue weighted by atomic mass is 9.63. The number of carbonyl (C=O) groups excluding carboxylic acids is 2. The Morgan fingerprint density at radius 3 is 2.00 bits per heavy atom. The van der Waals surface area contributed by atoms with Crippen LogP contribution in [-0.4, -0.2) is 31.7 Å². The van der Waals surface area contributed by atoms with Crippen molar-refractivity contribution in [2.24, 2.45) is 34.8 Å². The standard InChI is InChI=1S/C16H33BN2O2/c1-8-16(6,12(5)15(21)19(7)17)11(4)9-13(10(2)3)14(18)20/h10-13H,8-9,17H2,1-7H3,(H2,18,20). The van der Waals surface area contributed by atoms with Crippen LogP contribution in [0, 0.1) is 29.1 Å². The summed E-state index contributed by atoms with van der Waals surface area (Å²) in [6.07, 6.45) is 1.64. The van der Waals surface area contributed by atoms with E-state index >= 15 is 0 Å². The molecule has 0 fully saturated rings. The molecule has 0 heterocycles. The summed E-state index contributed by atoms with van der Waals surface area (Å²) in [6, 6.07) is 0. The minimum atomic E-state index is -0.234. The summed E-state index contributed by atoms with van der Waals surface area (Å²) in [7, 11) is 3.58. The molecule has 0 spiro atoms. The third-order valence-corrected chi connectivity index (χ3v) is 5.47. The second-order valence-electron chi connectivity index (χ2n) is 7.20. The molecule has 122 valence electrons. The monoisotopic (exact) mass is 296 g/mol. The van der Waals surface area contributed by atoms with Crippen LogP contribution < -0.4 is 5.73 Å². The smallest absolute Gasteiger partial charge is 0.220 e. The Kier molecular flexibility index (Phi) is 7.48. The molecule has 0 aromatic carbocycles. The highest BCUT2D eigenvalue weighted by atomic mass is 16.2. The molecule has 4 nitrogen and oxygen atoms in total. The van der Waals surface area contributed by atoms with Crippen LogP contribution in [0.1, 0.15) is 54.4 Å². The number of primary amides is 1. The van der Waals surface area contributed by atoms with Crippen molar-refractivity contribution in [2.45, 2.75) is 54.4 Å². The van der Waals surface area contributed by atoms with Gasteiger partial charge in [-0.05, 0) is 37.1 Å². The third-order valence-electron chi connectivity index (χ3n) is 5.47. The maximum absolute atomic E-state index is 12.3. The van der Waals surface area contributed by atoms with Crippen molar-refractivity contribution in [3.63, 3.8) is 0 Å². The number of carbonyl (C=O) groups is 2. The van der Waals surface area contributed by atoms with Crippen LogP contribution in [0.2, 0.25) is 0 Å². The largest absolute Gasteiger partial charge is 0.396 e. The van der Waals surface area contributed by atoms with E-state index in [4.69, 9.17) is 5.73 Å². The van der Waals surface area contributed by atoms with Crippen molar-refractivity contribution >= 4 is 19.8 Å². The minimum absolute atomic E-state index is 0.0758. The predicted octanol–water partition coefficient (Wildman–Crippen LogP) is 1.83. The van der Waals surface area contributed by atoms with E-state index in [2.05, 4.69) is 20.8 Å². The molecule has 0 aliphatic rings. The van der Waals surface area contributed by atoms with Crippen molar-refractivity contribution < 1.29 is 9.59 Å². The number of hydrogen-bond donors (Lipinski definition) is 1. The molecule has 0 aliphatic heterocycles. The zero-order valence-electron chi connectivity index (χ0n) is 15.1. The molecule has 4 atom stereocenters. The molecule has 2 N–H and O–H groups in total.